The van der Waals surface area contributed by atoms with Gasteiger partial charge in [-0.05, 0) is 37.2 Å². The summed E-state index contributed by atoms with van der Waals surface area (Å²) < 4.78 is 0. The third-order valence-electron chi connectivity index (χ3n) is 3.52. The van der Waals surface area contributed by atoms with Gasteiger partial charge in [0, 0.05) is 19.5 Å². The number of carbonyl (C=O) groups is 3. The lowest BCUT2D eigenvalue weighted by Gasteiger charge is -2.34. The summed E-state index contributed by atoms with van der Waals surface area (Å²) in [5.41, 5.74) is 5.12. The second-order valence-electron chi connectivity index (χ2n) is 5.23. The van der Waals surface area contributed by atoms with Crippen LogP contribution in [0.3, 0.4) is 0 Å². The number of thioether (sulfide) groups is 1. The molecule has 8 heteroatoms. The van der Waals surface area contributed by atoms with Gasteiger partial charge in [0.2, 0.25) is 5.91 Å². The average Bonchev–Trinajstić information content (AvgIpc) is 2.42. The van der Waals surface area contributed by atoms with Gasteiger partial charge >= 0.3 is 12.0 Å². The summed E-state index contributed by atoms with van der Waals surface area (Å²) in [6, 6.07) is -1.34. The van der Waals surface area contributed by atoms with Crippen molar-refractivity contribution in [1.29, 1.82) is 0 Å². The minimum absolute atomic E-state index is 0.0185. The molecule has 0 radical (unpaired) electrons. The molecule has 0 aliphatic carbocycles. The van der Waals surface area contributed by atoms with E-state index in [4.69, 9.17) is 10.8 Å². The van der Waals surface area contributed by atoms with Gasteiger partial charge in [-0.25, -0.2) is 4.79 Å². The number of carbonyl (C=O) groups excluding carboxylic acids is 2. The fraction of sp³-hybridized carbons (Fsp3) is 0.769. The smallest absolute Gasteiger partial charge is 0.312 e. The van der Waals surface area contributed by atoms with Gasteiger partial charge < -0.3 is 21.1 Å². The second kappa shape index (κ2) is 8.76. The zero-order valence-electron chi connectivity index (χ0n) is 12.2. The van der Waals surface area contributed by atoms with E-state index >= 15 is 0 Å². The number of hydrogen-bond donors (Lipinski definition) is 3. The van der Waals surface area contributed by atoms with Gasteiger partial charge in [-0.2, -0.15) is 11.8 Å². The molecule has 1 fully saturated rings. The van der Waals surface area contributed by atoms with Crippen LogP contribution in [0.1, 0.15) is 25.7 Å². The van der Waals surface area contributed by atoms with Crippen LogP contribution in [0.5, 0.6) is 0 Å². The summed E-state index contributed by atoms with van der Waals surface area (Å²) >= 11 is 1.59. The molecule has 0 aromatic carbocycles. The van der Waals surface area contributed by atoms with Crippen molar-refractivity contribution >= 4 is 29.7 Å². The Morgan fingerprint density at radius 1 is 1.48 bits per heavy atom. The Morgan fingerprint density at radius 3 is 2.76 bits per heavy atom. The zero-order valence-corrected chi connectivity index (χ0v) is 13.0. The van der Waals surface area contributed by atoms with Crippen LogP contribution in [-0.2, 0) is 9.59 Å². The second-order valence-corrected chi connectivity index (χ2v) is 6.22. The fourth-order valence-corrected chi connectivity index (χ4v) is 3.04. The largest absolute Gasteiger partial charge is 0.481 e. The Labute approximate surface area is 128 Å². The van der Waals surface area contributed by atoms with Crippen molar-refractivity contribution in [3.05, 3.63) is 0 Å². The molecule has 1 rings (SSSR count). The summed E-state index contributed by atoms with van der Waals surface area (Å²) in [6.07, 6.45) is 4.12. The van der Waals surface area contributed by atoms with Crippen LogP contribution < -0.4 is 11.1 Å². The molecule has 2 atom stereocenters. The highest BCUT2D eigenvalue weighted by Gasteiger charge is 2.30. The van der Waals surface area contributed by atoms with Crippen LogP contribution in [0.4, 0.5) is 4.79 Å². The first kappa shape index (κ1) is 17.6. The van der Waals surface area contributed by atoms with E-state index in [-0.39, 0.29) is 18.2 Å². The van der Waals surface area contributed by atoms with Gasteiger partial charge in [-0.3, -0.25) is 9.59 Å². The van der Waals surface area contributed by atoms with Gasteiger partial charge in [-0.15, -0.1) is 0 Å². The molecule has 0 aromatic heterocycles. The molecule has 1 saturated heterocycles. The Morgan fingerprint density at radius 2 is 2.19 bits per heavy atom. The van der Waals surface area contributed by atoms with Gasteiger partial charge in [0.15, 0.2) is 0 Å². The average molecular weight is 317 g/mol. The number of hydrogen-bond acceptors (Lipinski definition) is 4. The number of carboxylic acids is 1. The van der Waals surface area contributed by atoms with Crippen molar-refractivity contribution in [1.82, 2.24) is 10.2 Å². The van der Waals surface area contributed by atoms with Gasteiger partial charge in [-0.1, -0.05) is 0 Å². The molecule has 0 aromatic rings. The highest BCUT2D eigenvalue weighted by Crippen LogP contribution is 2.20. The van der Waals surface area contributed by atoms with Crippen molar-refractivity contribution in [2.24, 2.45) is 11.7 Å². The Bertz CT molecular complexity index is 392. The van der Waals surface area contributed by atoms with Crippen LogP contribution in [0, 0.1) is 5.92 Å². The highest BCUT2D eigenvalue weighted by atomic mass is 32.2. The van der Waals surface area contributed by atoms with Crippen molar-refractivity contribution in [3.8, 4) is 0 Å². The monoisotopic (exact) mass is 317 g/mol. The van der Waals surface area contributed by atoms with E-state index in [1.54, 1.807) is 16.7 Å². The number of likely N-dealkylation sites (tertiary alicyclic amines) is 1. The van der Waals surface area contributed by atoms with E-state index in [2.05, 4.69) is 5.32 Å². The molecule has 0 saturated carbocycles. The Kier molecular flexibility index (Phi) is 7.35. The summed E-state index contributed by atoms with van der Waals surface area (Å²) in [5, 5.41) is 11.3. The predicted molar refractivity (Wildman–Crippen MR) is 81.1 cm³/mol. The van der Waals surface area contributed by atoms with E-state index in [0.717, 1.165) is 18.6 Å². The standard InChI is InChI=1S/C13H23N3O4S/c1-21-6-4-10(15-13(14)20)12(19)16-5-2-3-9(8-16)7-11(17)18/h9-10H,2-8H2,1H3,(H,17,18)(H3,14,15,20). The maximum absolute atomic E-state index is 12.5. The number of urea groups is 1. The molecule has 1 aliphatic rings. The van der Waals surface area contributed by atoms with Crippen LogP contribution in [0.25, 0.3) is 0 Å². The molecular weight excluding hydrogens is 294 g/mol. The quantitative estimate of drug-likeness (QED) is 0.632. The normalized spacial score (nSPS) is 19.9. The van der Waals surface area contributed by atoms with E-state index in [9.17, 15) is 14.4 Å². The third kappa shape index (κ3) is 6.24. The zero-order chi connectivity index (χ0) is 15.8. The number of nitrogens with two attached hydrogens (primary N) is 1. The van der Waals surface area contributed by atoms with Crippen molar-refractivity contribution in [3.63, 3.8) is 0 Å². The predicted octanol–water partition coefficient (Wildman–Crippen LogP) is 0.490. The molecule has 0 bridgehead atoms. The molecule has 0 spiro atoms. The number of rotatable bonds is 7. The third-order valence-corrected chi connectivity index (χ3v) is 4.16. The lowest BCUT2D eigenvalue weighted by Crippen LogP contribution is -2.52. The number of nitrogens with zero attached hydrogens (tertiary/aromatic N) is 1. The molecular formula is C13H23N3O4S. The molecule has 2 unspecified atom stereocenters. The van der Waals surface area contributed by atoms with Gasteiger partial charge in [0.1, 0.15) is 6.04 Å². The van der Waals surface area contributed by atoms with Crippen molar-refractivity contribution in [2.75, 3.05) is 25.1 Å². The number of carboxylic acid groups (broad SMARTS) is 1. The number of aliphatic carboxylic acids is 1. The van der Waals surface area contributed by atoms with E-state index < -0.39 is 18.0 Å². The number of primary amides is 1. The topological polar surface area (TPSA) is 113 Å². The van der Waals surface area contributed by atoms with Crippen LogP contribution >= 0.6 is 11.8 Å². The molecule has 120 valence electrons. The van der Waals surface area contributed by atoms with Gasteiger partial charge in [0.05, 0.1) is 0 Å². The minimum atomic E-state index is -0.844. The summed E-state index contributed by atoms with van der Waals surface area (Å²) in [7, 11) is 0. The molecule has 21 heavy (non-hydrogen) atoms. The summed E-state index contributed by atoms with van der Waals surface area (Å²) in [6.45, 7) is 1.03. The maximum Gasteiger partial charge on any atom is 0.312 e. The van der Waals surface area contributed by atoms with Crippen LogP contribution in [0.15, 0.2) is 0 Å². The van der Waals surface area contributed by atoms with Crippen LogP contribution in [-0.4, -0.2) is 59.1 Å². The first-order valence-corrected chi connectivity index (χ1v) is 8.39. The Balaban J connectivity index is 2.63. The molecule has 3 amide bonds. The maximum atomic E-state index is 12.5. The number of amides is 3. The van der Waals surface area contributed by atoms with Crippen molar-refractivity contribution < 1.29 is 19.5 Å². The minimum Gasteiger partial charge on any atom is -0.481 e. The fourth-order valence-electron chi connectivity index (χ4n) is 2.56. The highest BCUT2D eigenvalue weighted by molar-refractivity contribution is 7.98. The Hall–Kier alpha value is -1.44. The van der Waals surface area contributed by atoms with E-state index in [1.807, 2.05) is 6.26 Å². The summed E-state index contributed by atoms with van der Waals surface area (Å²) in [4.78, 5) is 35.9. The first-order chi connectivity index (χ1) is 9.93. The molecule has 4 N–H and O–H groups in total. The number of piperidine rings is 1. The van der Waals surface area contributed by atoms with E-state index in [0.29, 0.717) is 19.5 Å². The first-order valence-electron chi connectivity index (χ1n) is 6.99. The SMILES string of the molecule is CSCCC(NC(N)=O)C(=O)N1CCCC(CC(=O)O)C1. The summed E-state index contributed by atoms with van der Waals surface area (Å²) in [5.74, 6) is -0.292. The molecule has 7 nitrogen and oxygen atoms in total. The van der Waals surface area contributed by atoms with Gasteiger partial charge in [0.25, 0.3) is 0 Å². The van der Waals surface area contributed by atoms with Crippen molar-refractivity contribution in [2.45, 2.75) is 31.7 Å². The van der Waals surface area contributed by atoms with E-state index in [1.165, 1.54) is 0 Å². The lowest BCUT2D eigenvalue weighted by atomic mass is 9.94. The molecule has 1 heterocycles. The van der Waals surface area contributed by atoms with Crippen LogP contribution in [0.2, 0.25) is 0 Å². The lowest BCUT2D eigenvalue weighted by molar-refractivity contribution is -0.141. The molecule has 1 aliphatic heterocycles. The number of nitrogens with one attached hydrogen (secondary N) is 1.